The molecule has 1 heterocycles. The van der Waals surface area contributed by atoms with Crippen molar-refractivity contribution < 1.29 is 37.3 Å². The van der Waals surface area contributed by atoms with E-state index in [0.717, 1.165) is 37.6 Å². The number of nitrogens with one attached hydrogen (secondary N) is 1. The van der Waals surface area contributed by atoms with Crippen molar-refractivity contribution >= 4 is 40.9 Å². The third-order valence-corrected chi connectivity index (χ3v) is 6.72. The molecular formula is C25H28Cl2F3N3O5. The molecule has 1 fully saturated rings. The third-order valence-electron chi connectivity index (χ3n) is 6.13. The summed E-state index contributed by atoms with van der Waals surface area (Å²) in [5.41, 5.74) is -0.533. The Hall–Kier alpha value is -2.89. The van der Waals surface area contributed by atoms with Crippen molar-refractivity contribution in [1.82, 2.24) is 9.80 Å². The van der Waals surface area contributed by atoms with Crippen molar-refractivity contribution in [2.45, 2.75) is 32.0 Å². The van der Waals surface area contributed by atoms with E-state index in [0.29, 0.717) is 37.7 Å². The average Bonchev–Trinajstić information content (AvgIpc) is 2.86. The second kappa shape index (κ2) is 13.3. The van der Waals surface area contributed by atoms with E-state index in [-0.39, 0.29) is 21.8 Å². The van der Waals surface area contributed by atoms with Gasteiger partial charge in [0, 0.05) is 31.4 Å². The van der Waals surface area contributed by atoms with Crippen LogP contribution in [0, 0.1) is 0 Å². The number of likely N-dealkylation sites (N-methyl/N-ethyl adjacent to an activating group) is 1. The number of nitrogens with zero attached hydrogens (tertiary/aromatic N) is 2. The Bertz CT molecular complexity index is 1130. The van der Waals surface area contributed by atoms with Gasteiger partial charge in [0.1, 0.15) is 18.1 Å². The predicted molar refractivity (Wildman–Crippen MR) is 137 cm³/mol. The number of carbonyl (C=O) groups is 2. The number of piperidine rings is 1. The maximum Gasteiger partial charge on any atom is 0.416 e. The molecule has 0 bridgehead atoms. The van der Waals surface area contributed by atoms with Crippen molar-refractivity contribution in [3.63, 3.8) is 0 Å². The highest BCUT2D eigenvalue weighted by Crippen LogP contribution is 2.34. The zero-order chi connectivity index (χ0) is 27.9. The van der Waals surface area contributed by atoms with Gasteiger partial charge in [-0.15, -0.1) is 0 Å². The summed E-state index contributed by atoms with van der Waals surface area (Å²) in [5, 5.41) is 11.7. The third kappa shape index (κ3) is 8.31. The van der Waals surface area contributed by atoms with Gasteiger partial charge in [0.15, 0.2) is 6.61 Å². The largest absolute Gasteiger partial charge is 0.491 e. The molecule has 0 atom stereocenters. The second-order valence-electron chi connectivity index (χ2n) is 8.60. The SMILES string of the molecule is CCN(CCOc1ccc(NC(=O)COc2ccc(C(F)(F)F)cc2Cl)cc1Cl)C1CCN(C(=O)O)CC1. The lowest BCUT2D eigenvalue weighted by atomic mass is 10.0. The smallest absolute Gasteiger partial charge is 0.416 e. The Labute approximate surface area is 228 Å². The van der Waals surface area contributed by atoms with Crippen LogP contribution in [-0.2, 0) is 11.0 Å². The summed E-state index contributed by atoms with van der Waals surface area (Å²) in [6.07, 6.45) is -3.89. The molecular weight excluding hydrogens is 550 g/mol. The Kier molecular flexibility index (Phi) is 10.3. The quantitative estimate of drug-likeness (QED) is 0.367. The van der Waals surface area contributed by atoms with E-state index in [4.69, 9.17) is 37.8 Å². The molecule has 0 unspecified atom stereocenters. The molecule has 2 N–H and O–H groups in total. The van der Waals surface area contributed by atoms with Gasteiger partial charge >= 0.3 is 12.3 Å². The summed E-state index contributed by atoms with van der Waals surface area (Å²) in [6.45, 7) is 4.42. The lowest BCUT2D eigenvalue weighted by Gasteiger charge is -2.37. The molecule has 0 radical (unpaired) electrons. The Morgan fingerprint density at radius 3 is 2.29 bits per heavy atom. The van der Waals surface area contributed by atoms with Gasteiger partial charge in [-0.05, 0) is 55.8 Å². The molecule has 1 aliphatic heterocycles. The van der Waals surface area contributed by atoms with Gasteiger partial charge in [-0.3, -0.25) is 9.69 Å². The minimum atomic E-state index is -4.54. The van der Waals surface area contributed by atoms with E-state index in [1.165, 1.54) is 11.0 Å². The first-order valence-electron chi connectivity index (χ1n) is 11.9. The van der Waals surface area contributed by atoms with Crippen molar-refractivity contribution in [1.29, 1.82) is 0 Å². The van der Waals surface area contributed by atoms with Crippen molar-refractivity contribution in [2.24, 2.45) is 0 Å². The first-order valence-corrected chi connectivity index (χ1v) is 12.7. The number of carboxylic acid groups (broad SMARTS) is 1. The van der Waals surface area contributed by atoms with E-state index < -0.39 is 30.3 Å². The van der Waals surface area contributed by atoms with E-state index in [2.05, 4.69) is 10.2 Å². The molecule has 2 aromatic carbocycles. The standard InChI is InChI=1S/C25H28Cl2F3N3O5/c1-2-32(18-7-9-33(10-8-18)24(35)36)11-12-37-21-6-4-17(14-20(21)27)31-23(34)15-38-22-5-3-16(13-19(22)26)25(28,29)30/h3-6,13-14,18H,2,7-12,15H2,1H3,(H,31,34)(H,35,36). The molecule has 38 heavy (non-hydrogen) atoms. The molecule has 0 aromatic heterocycles. The Balaban J connectivity index is 1.45. The lowest BCUT2D eigenvalue weighted by Crippen LogP contribution is -2.47. The summed E-state index contributed by atoms with van der Waals surface area (Å²) < 4.78 is 49.3. The zero-order valence-corrected chi connectivity index (χ0v) is 22.1. The number of amides is 2. The van der Waals surface area contributed by atoms with Crippen LogP contribution in [-0.4, -0.2) is 72.3 Å². The molecule has 2 aromatic rings. The van der Waals surface area contributed by atoms with Crippen LogP contribution in [0.1, 0.15) is 25.3 Å². The minimum Gasteiger partial charge on any atom is -0.491 e. The number of ether oxygens (including phenoxy) is 2. The molecule has 208 valence electrons. The van der Waals surface area contributed by atoms with Gasteiger partial charge < -0.3 is 24.8 Å². The van der Waals surface area contributed by atoms with Crippen molar-refractivity contribution in [3.05, 3.63) is 52.0 Å². The van der Waals surface area contributed by atoms with Crippen LogP contribution in [0.5, 0.6) is 11.5 Å². The summed E-state index contributed by atoms with van der Waals surface area (Å²) >= 11 is 12.1. The van der Waals surface area contributed by atoms with E-state index in [9.17, 15) is 22.8 Å². The number of carbonyl (C=O) groups excluding carboxylic acids is 1. The number of benzene rings is 2. The fraction of sp³-hybridized carbons (Fsp3) is 0.440. The maximum absolute atomic E-state index is 12.7. The van der Waals surface area contributed by atoms with Crippen molar-refractivity contribution in [3.8, 4) is 11.5 Å². The van der Waals surface area contributed by atoms with E-state index in [1.54, 1.807) is 12.1 Å². The van der Waals surface area contributed by atoms with Crippen LogP contribution in [0.25, 0.3) is 0 Å². The lowest BCUT2D eigenvalue weighted by molar-refractivity contribution is -0.137. The number of hydrogen-bond acceptors (Lipinski definition) is 5. The van der Waals surface area contributed by atoms with Gasteiger partial charge in [0.25, 0.3) is 5.91 Å². The van der Waals surface area contributed by atoms with Gasteiger partial charge in [-0.1, -0.05) is 30.1 Å². The minimum absolute atomic E-state index is 0.0508. The first kappa shape index (κ1) is 29.7. The topological polar surface area (TPSA) is 91.3 Å². The highest BCUT2D eigenvalue weighted by molar-refractivity contribution is 6.32. The Morgan fingerprint density at radius 1 is 1.08 bits per heavy atom. The predicted octanol–water partition coefficient (Wildman–Crippen LogP) is 5.87. The Morgan fingerprint density at radius 2 is 1.71 bits per heavy atom. The molecule has 2 amide bonds. The average molecular weight is 578 g/mol. The summed E-state index contributed by atoms with van der Waals surface area (Å²) in [5.74, 6) is -0.169. The fourth-order valence-electron chi connectivity index (χ4n) is 4.12. The second-order valence-corrected chi connectivity index (χ2v) is 9.42. The van der Waals surface area contributed by atoms with Gasteiger partial charge in [0.05, 0.1) is 15.6 Å². The molecule has 1 saturated heterocycles. The van der Waals surface area contributed by atoms with Crippen LogP contribution < -0.4 is 14.8 Å². The van der Waals surface area contributed by atoms with Crippen molar-refractivity contribution in [2.75, 3.05) is 44.7 Å². The van der Waals surface area contributed by atoms with E-state index >= 15 is 0 Å². The molecule has 8 nitrogen and oxygen atoms in total. The molecule has 0 spiro atoms. The first-order chi connectivity index (χ1) is 18.0. The molecule has 3 rings (SSSR count). The van der Waals surface area contributed by atoms with Gasteiger partial charge in [0.2, 0.25) is 0 Å². The molecule has 0 aliphatic carbocycles. The number of halogens is 5. The molecule has 0 saturated carbocycles. The number of anilines is 1. The normalized spacial score (nSPS) is 14.4. The van der Waals surface area contributed by atoms with Crippen LogP contribution in [0.4, 0.5) is 23.7 Å². The monoisotopic (exact) mass is 577 g/mol. The molecule has 1 aliphatic rings. The van der Waals surface area contributed by atoms with Crippen LogP contribution in [0.2, 0.25) is 10.0 Å². The van der Waals surface area contributed by atoms with Crippen LogP contribution in [0.3, 0.4) is 0 Å². The zero-order valence-electron chi connectivity index (χ0n) is 20.6. The number of alkyl halides is 3. The van der Waals surface area contributed by atoms with E-state index in [1.807, 2.05) is 6.92 Å². The maximum atomic E-state index is 12.7. The number of rotatable bonds is 10. The van der Waals surface area contributed by atoms with Crippen LogP contribution >= 0.6 is 23.2 Å². The highest BCUT2D eigenvalue weighted by Gasteiger charge is 2.31. The van der Waals surface area contributed by atoms with Gasteiger partial charge in [-0.2, -0.15) is 13.2 Å². The summed E-state index contributed by atoms with van der Waals surface area (Å²) in [6, 6.07) is 7.62. The summed E-state index contributed by atoms with van der Waals surface area (Å²) in [7, 11) is 0. The van der Waals surface area contributed by atoms with Gasteiger partial charge in [-0.25, -0.2) is 4.79 Å². The highest BCUT2D eigenvalue weighted by atomic mass is 35.5. The number of likely N-dealkylation sites (tertiary alicyclic amines) is 1. The van der Waals surface area contributed by atoms with Crippen LogP contribution in [0.15, 0.2) is 36.4 Å². The number of hydrogen-bond donors (Lipinski definition) is 2. The fourth-order valence-corrected chi connectivity index (χ4v) is 4.59. The molecule has 13 heteroatoms. The summed E-state index contributed by atoms with van der Waals surface area (Å²) in [4.78, 5) is 27.0.